The molecule has 0 aliphatic heterocycles. The van der Waals surface area contributed by atoms with Gasteiger partial charge in [0, 0.05) is 26.3 Å². The molecule has 3 rings (SSSR count). The van der Waals surface area contributed by atoms with Crippen LogP contribution in [0.1, 0.15) is 11.4 Å². The molecule has 0 spiro atoms. The van der Waals surface area contributed by atoms with Crippen molar-refractivity contribution in [2.75, 3.05) is 13.7 Å². The number of rotatable bonds is 5. The van der Waals surface area contributed by atoms with Crippen LogP contribution in [0.25, 0.3) is 11.2 Å². The SMILES string of the molecule is COCCn1c(Cc2ccc(F)cc2)nc2cccnc21. The molecule has 0 radical (unpaired) electrons. The van der Waals surface area contributed by atoms with Crippen molar-refractivity contribution in [3.63, 3.8) is 0 Å². The number of aromatic nitrogens is 3. The predicted molar refractivity (Wildman–Crippen MR) is 78.6 cm³/mol. The summed E-state index contributed by atoms with van der Waals surface area (Å²) in [7, 11) is 1.67. The predicted octanol–water partition coefficient (Wildman–Crippen LogP) is 2.81. The fraction of sp³-hybridized carbons (Fsp3) is 0.250. The van der Waals surface area contributed by atoms with Crippen molar-refractivity contribution in [2.45, 2.75) is 13.0 Å². The Bertz CT molecular complexity index is 737. The Morgan fingerprint density at radius 3 is 2.76 bits per heavy atom. The van der Waals surface area contributed by atoms with Crippen LogP contribution in [0.15, 0.2) is 42.6 Å². The zero-order chi connectivity index (χ0) is 14.7. The van der Waals surface area contributed by atoms with Gasteiger partial charge < -0.3 is 9.30 Å². The highest BCUT2D eigenvalue weighted by molar-refractivity contribution is 5.71. The minimum absolute atomic E-state index is 0.228. The molecule has 1 aromatic carbocycles. The number of methoxy groups -OCH3 is 1. The molecular formula is C16H16FN3O. The molecule has 0 amide bonds. The third-order valence-electron chi connectivity index (χ3n) is 3.38. The third-order valence-corrected chi connectivity index (χ3v) is 3.38. The molecule has 0 saturated heterocycles. The second-order valence-electron chi connectivity index (χ2n) is 4.82. The Kier molecular flexibility index (Phi) is 3.92. The summed E-state index contributed by atoms with van der Waals surface area (Å²) in [5.74, 6) is 0.681. The lowest BCUT2D eigenvalue weighted by Gasteiger charge is -2.08. The van der Waals surface area contributed by atoms with Crippen LogP contribution in [0.2, 0.25) is 0 Å². The average Bonchev–Trinajstić information content (AvgIpc) is 2.85. The monoisotopic (exact) mass is 285 g/mol. The topological polar surface area (TPSA) is 39.9 Å². The van der Waals surface area contributed by atoms with Gasteiger partial charge in [0.05, 0.1) is 6.61 Å². The van der Waals surface area contributed by atoms with Crippen LogP contribution in [0.4, 0.5) is 4.39 Å². The molecule has 0 aliphatic rings. The lowest BCUT2D eigenvalue weighted by Crippen LogP contribution is -2.09. The normalized spacial score (nSPS) is 11.1. The van der Waals surface area contributed by atoms with Crippen molar-refractivity contribution in [3.05, 3.63) is 59.8 Å². The number of hydrogen-bond acceptors (Lipinski definition) is 3. The zero-order valence-electron chi connectivity index (χ0n) is 11.8. The number of imidazole rings is 1. The Morgan fingerprint density at radius 2 is 2.00 bits per heavy atom. The minimum atomic E-state index is -0.228. The molecule has 0 saturated carbocycles. The van der Waals surface area contributed by atoms with E-state index in [1.165, 1.54) is 12.1 Å². The number of halogens is 1. The van der Waals surface area contributed by atoms with Gasteiger partial charge in [0.1, 0.15) is 17.2 Å². The number of fused-ring (bicyclic) bond motifs is 1. The largest absolute Gasteiger partial charge is 0.383 e. The number of pyridine rings is 1. The van der Waals surface area contributed by atoms with E-state index in [2.05, 4.69) is 14.5 Å². The van der Waals surface area contributed by atoms with Gasteiger partial charge in [-0.25, -0.2) is 14.4 Å². The Morgan fingerprint density at radius 1 is 1.19 bits per heavy atom. The van der Waals surface area contributed by atoms with Crippen molar-refractivity contribution in [2.24, 2.45) is 0 Å². The van der Waals surface area contributed by atoms with Gasteiger partial charge in [0.15, 0.2) is 5.65 Å². The van der Waals surface area contributed by atoms with Crippen LogP contribution in [0, 0.1) is 5.82 Å². The molecule has 2 aromatic heterocycles. The summed E-state index contributed by atoms with van der Waals surface area (Å²) in [4.78, 5) is 9.03. The molecule has 21 heavy (non-hydrogen) atoms. The first kappa shape index (κ1) is 13.7. The van der Waals surface area contributed by atoms with Gasteiger partial charge >= 0.3 is 0 Å². The van der Waals surface area contributed by atoms with E-state index in [9.17, 15) is 4.39 Å². The molecule has 3 aromatic rings. The molecule has 108 valence electrons. The van der Waals surface area contributed by atoms with E-state index in [-0.39, 0.29) is 5.82 Å². The van der Waals surface area contributed by atoms with Crippen LogP contribution in [-0.2, 0) is 17.7 Å². The summed E-state index contributed by atoms with van der Waals surface area (Å²) >= 11 is 0. The van der Waals surface area contributed by atoms with Crippen molar-refractivity contribution < 1.29 is 9.13 Å². The zero-order valence-corrected chi connectivity index (χ0v) is 11.8. The summed E-state index contributed by atoms with van der Waals surface area (Å²) in [6.07, 6.45) is 2.40. The molecule has 0 fully saturated rings. The first-order valence-corrected chi connectivity index (χ1v) is 6.81. The summed E-state index contributed by atoms with van der Waals surface area (Å²) in [6, 6.07) is 10.3. The molecule has 5 heteroatoms. The van der Waals surface area contributed by atoms with Gasteiger partial charge in [0.25, 0.3) is 0 Å². The quantitative estimate of drug-likeness (QED) is 0.723. The second kappa shape index (κ2) is 6.01. The Labute approximate surface area is 122 Å². The summed E-state index contributed by atoms with van der Waals surface area (Å²) in [5, 5.41) is 0. The van der Waals surface area contributed by atoms with Crippen molar-refractivity contribution in [3.8, 4) is 0 Å². The van der Waals surface area contributed by atoms with Crippen molar-refractivity contribution >= 4 is 11.2 Å². The molecule has 0 unspecified atom stereocenters. The van der Waals surface area contributed by atoms with Gasteiger partial charge in [-0.05, 0) is 29.8 Å². The van der Waals surface area contributed by atoms with Crippen LogP contribution in [-0.4, -0.2) is 28.3 Å². The van der Waals surface area contributed by atoms with E-state index in [0.29, 0.717) is 19.6 Å². The first-order valence-electron chi connectivity index (χ1n) is 6.81. The van der Waals surface area contributed by atoms with E-state index in [1.807, 2.05) is 12.1 Å². The summed E-state index contributed by atoms with van der Waals surface area (Å²) in [5.41, 5.74) is 2.74. The van der Waals surface area contributed by atoms with Crippen LogP contribution < -0.4 is 0 Å². The molecule has 4 nitrogen and oxygen atoms in total. The van der Waals surface area contributed by atoms with E-state index >= 15 is 0 Å². The Hall–Kier alpha value is -2.27. The van der Waals surface area contributed by atoms with Crippen LogP contribution in [0.3, 0.4) is 0 Å². The first-order chi connectivity index (χ1) is 10.3. The van der Waals surface area contributed by atoms with Crippen molar-refractivity contribution in [1.29, 1.82) is 0 Å². The summed E-state index contributed by atoms with van der Waals surface area (Å²) in [6.45, 7) is 1.29. The highest BCUT2D eigenvalue weighted by atomic mass is 19.1. The molecule has 0 N–H and O–H groups in total. The maximum Gasteiger partial charge on any atom is 0.160 e. The maximum atomic E-state index is 13.0. The third kappa shape index (κ3) is 2.92. The van der Waals surface area contributed by atoms with E-state index < -0.39 is 0 Å². The van der Waals surface area contributed by atoms with Gasteiger partial charge in [-0.15, -0.1) is 0 Å². The molecule has 2 heterocycles. The van der Waals surface area contributed by atoms with Crippen molar-refractivity contribution in [1.82, 2.24) is 14.5 Å². The number of hydrogen-bond donors (Lipinski definition) is 0. The smallest absolute Gasteiger partial charge is 0.160 e. The second-order valence-corrected chi connectivity index (χ2v) is 4.82. The van der Waals surface area contributed by atoms with Gasteiger partial charge in [-0.2, -0.15) is 0 Å². The Balaban J connectivity index is 1.97. The lowest BCUT2D eigenvalue weighted by molar-refractivity contribution is 0.187. The highest BCUT2D eigenvalue weighted by Gasteiger charge is 2.11. The van der Waals surface area contributed by atoms with E-state index in [1.54, 1.807) is 25.4 Å². The molecule has 0 aliphatic carbocycles. The van der Waals surface area contributed by atoms with Crippen LogP contribution in [0.5, 0.6) is 0 Å². The maximum absolute atomic E-state index is 13.0. The molecular weight excluding hydrogens is 269 g/mol. The molecule has 0 atom stereocenters. The standard InChI is InChI=1S/C16H16FN3O/c1-21-10-9-20-15(11-12-4-6-13(17)7-5-12)19-14-3-2-8-18-16(14)20/h2-8H,9-11H2,1H3. The lowest BCUT2D eigenvalue weighted by atomic mass is 10.1. The van der Waals surface area contributed by atoms with E-state index in [4.69, 9.17) is 4.74 Å². The van der Waals surface area contributed by atoms with Gasteiger partial charge in [-0.3, -0.25) is 0 Å². The van der Waals surface area contributed by atoms with Gasteiger partial charge in [-0.1, -0.05) is 12.1 Å². The summed E-state index contributed by atoms with van der Waals surface area (Å²) < 4.78 is 20.2. The molecule has 0 bridgehead atoms. The van der Waals surface area contributed by atoms with Gasteiger partial charge in [0.2, 0.25) is 0 Å². The average molecular weight is 285 g/mol. The highest BCUT2D eigenvalue weighted by Crippen LogP contribution is 2.17. The number of nitrogens with zero attached hydrogens (tertiary/aromatic N) is 3. The number of ether oxygens (including phenoxy) is 1. The van der Waals surface area contributed by atoms with E-state index in [0.717, 1.165) is 22.6 Å². The fourth-order valence-corrected chi connectivity index (χ4v) is 2.34. The minimum Gasteiger partial charge on any atom is -0.383 e. The fourth-order valence-electron chi connectivity index (χ4n) is 2.34. The number of benzene rings is 1. The van der Waals surface area contributed by atoms with Crippen LogP contribution >= 0.6 is 0 Å².